The highest BCUT2D eigenvalue weighted by Gasteiger charge is 2.13. The van der Waals surface area contributed by atoms with Crippen molar-refractivity contribution in [2.75, 3.05) is 20.4 Å². The molecular weight excluding hydrogens is 292 g/mol. The van der Waals surface area contributed by atoms with Gasteiger partial charge in [-0.1, -0.05) is 36.4 Å². The van der Waals surface area contributed by atoms with E-state index in [1.807, 2.05) is 48.3 Å². The Hall–Kier alpha value is -2.53. The fourth-order valence-corrected chi connectivity index (χ4v) is 2.50. The van der Waals surface area contributed by atoms with Crippen molar-refractivity contribution in [2.24, 2.45) is 0 Å². The molecule has 0 aromatic heterocycles. The third-order valence-corrected chi connectivity index (χ3v) is 3.64. The van der Waals surface area contributed by atoms with Gasteiger partial charge in [0.05, 0.1) is 6.54 Å². The first-order valence-corrected chi connectivity index (χ1v) is 7.58. The zero-order valence-electron chi connectivity index (χ0n) is 13.1. The Morgan fingerprint density at radius 2 is 1.87 bits per heavy atom. The highest BCUT2D eigenvalue weighted by molar-refractivity contribution is 5.78. The molecule has 2 aromatic carbocycles. The number of nitrogens with zero attached hydrogens (tertiary/aromatic N) is 1. The average molecular weight is 312 g/mol. The maximum absolute atomic E-state index is 12.0. The summed E-state index contributed by atoms with van der Waals surface area (Å²) in [6.45, 7) is 1.85. The number of amides is 1. The minimum absolute atomic E-state index is 0.00102. The number of fused-ring (bicyclic) bond motifs is 1. The summed E-state index contributed by atoms with van der Waals surface area (Å²) in [4.78, 5) is 14.0. The minimum Gasteiger partial charge on any atom is -0.454 e. The van der Waals surface area contributed by atoms with E-state index >= 15 is 0 Å². The molecule has 5 nitrogen and oxygen atoms in total. The van der Waals surface area contributed by atoms with Gasteiger partial charge in [0.15, 0.2) is 11.5 Å². The van der Waals surface area contributed by atoms with Gasteiger partial charge in [0.25, 0.3) is 0 Å². The molecule has 1 N–H and O–H groups in total. The molecule has 5 heteroatoms. The molecule has 0 bridgehead atoms. The Morgan fingerprint density at radius 1 is 1.09 bits per heavy atom. The van der Waals surface area contributed by atoms with Crippen molar-refractivity contribution < 1.29 is 14.3 Å². The molecule has 1 heterocycles. The number of hydrogen-bond acceptors (Lipinski definition) is 4. The first-order chi connectivity index (χ1) is 11.2. The zero-order valence-corrected chi connectivity index (χ0v) is 13.1. The summed E-state index contributed by atoms with van der Waals surface area (Å²) in [6.07, 6.45) is 0. The molecule has 0 atom stereocenters. The lowest BCUT2D eigenvalue weighted by molar-refractivity contribution is -0.122. The quantitative estimate of drug-likeness (QED) is 0.888. The van der Waals surface area contributed by atoms with Gasteiger partial charge in [-0.3, -0.25) is 9.69 Å². The molecule has 0 saturated heterocycles. The maximum atomic E-state index is 12.0. The number of rotatable bonds is 6. The number of nitrogens with one attached hydrogen (secondary N) is 1. The van der Waals surface area contributed by atoms with Crippen LogP contribution in [0.5, 0.6) is 11.5 Å². The van der Waals surface area contributed by atoms with Crippen LogP contribution < -0.4 is 14.8 Å². The van der Waals surface area contributed by atoms with Crippen molar-refractivity contribution >= 4 is 5.91 Å². The van der Waals surface area contributed by atoms with Crippen molar-refractivity contribution in [1.29, 1.82) is 0 Å². The van der Waals surface area contributed by atoms with Crippen LogP contribution in [0.15, 0.2) is 48.5 Å². The van der Waals surface area contributed by atoms with Crippen molar-refractivity contribution in [3.05, 3.63) is 59.7 Å². The summed E-state index contributed by atoms with van der Waals surface area (Å²) >= 11 is 0. The number of hydrogen-bond donors (Lipinski definition) is 1. The van der Waals surface area contributed by atoms with Gasteiger partial charge in [-0.05, 0) is 30.3 Å². The molecule has 3 rings (SSSR count). The first kappa shape index (κ1) is 15.4. The fourth-order valence-electron chi connectivity index (χ4n) is 2.50. The second-order valence-corrected chi connectivity index (χ2v) is 5.62. The Balaban J connectivity index is 1.46. The molecular formula is C18H20N2O3. The Labute approximate surface area is 135 Å². The summed E-state index contributed by atoms with van der Waals surface area (Å²) in [5.41, 5.74) is 2.19. The predicted octanol–water partition coefficient (Wildman–Crippen LogP) is 2.16. The van der Waals surface area contributed by atoms with Crippen molar-refractivity contribution in [1.82, 2.24) is 10.2 Å². The molecule has 1 aliphatic heterocycles. The van der Waals surface area contributed by atoms with Crippen LogP contribution in [0, 0.1) is 0 Å². The third kappa shape index (κ3) is 4.23. The summed E-state index contributed by atoms with van der Waals surface area (Å²) in [5.74, 6) is 1.49. The fraction of sp³-hybridized carbons (Fsp3) is 0.278. The van der Waals surface area contributed by atoms with E-state index in [9.17, 15) is 4.79 Å². The molecule has 0 unspecified atom stereocenters. The molecule has 2 aromatic rings. The van der Waals surface area contributed by atoms with Crippen LogP contribution in [0.25, 0.3) is 0 Å². The van der Waals surface area contributed by atoms with Gasteiger partial charge < -0.3 is 14.8 Å². The van der Waals surface area contributed by atoms with E-state index in [0.29, 0.717) is 13.1 Å². The zero-order chi connectivity index (χ0) is 16.1. The molecule has 23 heavy (non-hydrogen) atoms. The molecule has 1 amide bonds. The van der Waals surface area contributed by atoms with Crippen LogP contribution in [0.3, 0.4) is 0 Å². The van der Waals surface area contributed by atoms with Crippen LogP contribution in [-0.2, 0) is 17.9 Å². The standard InChI is InChI=1S/C18H20N2O3/c1-20(11-14-5-3-2-4-6-14)12-18(21)19-10-15-7-8-16-17(9-15)23-13-22-16/h2-9H,10-13H2,1H3,(H,19,21). The first-order valence-electron chi connectivity index (χ1n) is 7.58. The Bertz CT molecular complexity index is 673. The molecule has 0 radical (unpaired) electrons. The Morgan fingerprint density at radius 3 is 2.70 bits per heavy atom. The van der Waals surface area contributed by atoms with Gasteiger partial charge in [-0.2, -0.15) is 0 Å². The smallest absolute Gasteiger partial charge is 0.234 e. The van der Waals surface area contributed by atoms with E-state index in [4.69, 9.17) is 9.47 Å². The number of carbonyl (C=O) groups excluding carboxylic acids is 1. The van der Waals surface area contributed by atoms with E-state index in [1.165, 1.54) is 5.56 Å². The number of likely N-dealkylation sites (N-methyl/N-ethyl adjacent to an activating group) is 1. The van der Waals surface area contributed by atoms with Crippen LogP contribution >= 0.6 is 0 Å². The molecule has 120 valence electrons. The van der Waals surface area contributed by atoms with Gasteiger partial charge in [0.1, 0.15) is 0 Å². The second kappa shape index (κ2) is 7.15. The van der Waals surface area contributed by atoms with Crippen molar-refractivity contribution in [2.45, 2.75) is 13.1 Å². The summed E-state index contributed by atoms with van der Waals surface area (Å²) in [5, 5.41) is 2.93. The van der Waals surface area contributed by atoms with E-state index in [2.05, 4.69) is 17.4 Å². The summed E-state index contributed by atoms with van der Waals surface area (Å²) < 4.78 is 10.6. The number of ether oxygens (including phenoxy) is 2. The summed E-state index contributed by atoms with van der Waals surface area (Å²) in [7, 11) is 1.94. The SMILES string of the molecule is CN(CC(=O)NCc1ccc2c(c1)OCO2)Cc1ccccc1. The van der Waals surface area contributed by atoms with E-state index < -0.39 is 0 Å². The lowest BCUT2D eigenvalue weighted by atomic mass is 10.2. The predicted molar refractivity (Wildman–Crippen MR) is 87.2 cm³/mol. The molecule has 1 aliphatic rings. The summed E-state index contributed by atoms with van der Waals surface area (Å²) in [6, 6.07) is 15.8. The third-order valence-electron chi connectivity index (χ3n) is 3.64. The van der Waals surface area contributed by atoms with Crippen molar-refractivity contribution in [3.63, 3.8) is 0 Å². The molecule has 0 aliphatic carbocycles. The Kier molecular flexibility index (Phi) is 4.78. The maximum Gasteiger partial charge on any atom is 0.234 e. The second-order valence-electron chi connectivity index (χ2n) is 5.62. The van der Waals surface area contributed by atoms with Crippen LogP contribution in [0.1, 0.15) is 11.1 Å². The highest BCUT2D eigenvalue weighted by atomic mass is 16.7. The molecule has 0 spiro atoms. The highest BCUT2D eigenvalue weighted by Crippen LogP contribution is 2.32. The lowest BCUT2D eigenvalue weighted by Crippen LogP contribution is -2.34. The van der Waals surface area contributed by atoms with Gasteiger partial charge in [0, 0.05) is 13.1 Å². The van der Waals surface area contributed by atoms with Gasteiger partial charge in [-0.15, -0.1) is 0 Å². The largest absolute Gasteiger partial charge is 0.454 e. The van der Waals surface area contributed by atoms with Crippen LogP contribution in [0.4, 0.5) is 0 Å². The number of carbonyl (C=O) groups is 1. The van der Waals surface area contributed by atoms with Crippen LogP contribution in [-0.4, -0.2) is 31.2 Å². The topological polar surface area (TPSA) is 50.8 Å². The van der Waals surface area contributed by atoms with Gasteiger partial charge in [0.2, 0.25) is 12.7 Å². The van der Waals surface area contributed by atoms with E-state index in [1.54, 1.807) is 0 Å². The van der Waals surface area contributed by atoms with Gasteiger partial charge >= 0.3 is 0 Å². The number of benzene rings is 2. The average Bonchev–Trinajstić information content (AvgIpc) is 3.01. The van der Waals surface area contributed by atoms with Crippen LogP contribution in [0.2, 0.25) is 0 Å². The lowest BCUT2D eigenvalue weighted by Gasteiger charge is -2.16. The van der Waals surface area contributed by atoms with Crippen molar-refractivity contribution in [3.8, 4) is 11.5 Å². The van der Waals surface area contributed by atoms with E-state index in [0.717, 1.165) is 23.6 Å². The normalized spacial score (nSPS) is 12.4. The van der Waals surface area contributed by atoms with E-state index in [-0.39, 0.29) is 12.7 Å². The monoisotopic (exact) mass is 312 g/mol. The minimum atomic E-state index is 0.00102. The molecule has 0 fully saturated rings. The van der Waals surface area contributed by atoms with Gasteiger partial charge in [-0.25, -0.2) is 0 Å². The molecule has 0 saturated carbocycles.